The fourth-order valence-electron chi connectivity index (χ4n) is 3.06. The van der Waals surface area contributed by atoms with E-state index in [-0.39, 0.29) is 24.1 Å². The Kier molecular flexibility index (Phi) is 6.03. The number of carbonyl (C=O) groups is 3. The van der Waals surface area contributed by atoms with Gasteiger partial charge in [0.2, 0.25) is 11.8 Å². The topological polar surface area (TPSA) is 75.7 Å². The Hall–Kier alpha value is -3.22. The molecule has 1 unspecified atom stereocenters. The summed E-state index contributed by atoms with van der Waals surface area (Å²) in [7, 11) is 0. The fraction of sp³-hybridized carbons (Fsp3) is 0.286. The van der Waals surface area contributed by atoms with Crippen molar-refractivity contribution in [2.75, 3.05) is 18.5 Å². The summed E-state index contributed by atoms with van der Waals surface area (Å²) in [5.74, 6) is -1.57. The van der Waals surface area contributed by atoms with E-state index in [1.54, 1.807) is 48.2 Å². The van der Waals surface area contributed by atoms with Crippen molar-refractivity contribution in [3.63, 3.8) is 0 Å². The molecule has 1 heterocycles. The highest BCUT2D eigenvalue weighted by Gasteiger charge is 2.34. The summed E-state index contributed by atoms with van der Waals surface area (Å²) in [6, 6.07) is 12.3. The maximum Gasteiger partial charge on any atom is 0.338 e. The second-order valence-electron chi connectivity index (χ2n) is 6.59. The number of rotatable bonds is 6. The molecule has 0 radical (unpaired) electrons. The molecule has 1 atom stereocenters. The van der Waals surface area contributed by atoms with Crippen LogP contribution in [0, 0.1) is 11.7 Å². The van der Waals surface area contributed by atoms with Gasteiger partial charge in [0.15, 0.2) is 0 Å². The summed E-state index contributed by atoms with van der Waals surface area (Å²) in [5.41, 5.74) is 1.76. The third kappa shape index (κ3) is 4.73. The van der Waals surface area contributed by atoms with Crippen LogP contribution in [0.4, 0.5) is 10.1 Å². The summed E-state index contributed by atoms with van der Waals surface area (Å²) < 4.78 is 17.9. The van der Waals surface area contributed by atoms with Crippen LogP contribution in [0.25, 0.3) is 0 Å². The quantitative estimate of drug-likeness (QED) is 0.777. The number of anilines is 1. The van der Waals surface area contributed by atoms with Gasteiger partial charge in [0.1, 0.15) is 5.82 Å². The minimum Gasteiger partial charge on any atom is -0.462 e. The van der Waals surface area contributed by atoms with E-state index in [2.05, 4.69) is 5.32 Å². The first-order valence-electron chi connectivity index (χ1n) is 9.06. The van der Waals surface area contributed by atoms with Crippen LogP contribution in [0.3, 0.4) is 0 Å². The van der Waals surface area contributed by atoms with Gasteiger partial charge in [-0.25, -0.2) is 9.18 Å². The zero-order valence-corrected chi connectivity index (χ0v) is 15.5. The fourth-order valence-corrected chi connectivity index (χ4v) is 3.06. The van der Waals surface area contributed by atoms with Gasteiger partial charge >= 0.3 is 5.97 Å². The SMILES string of the molecule is CCOC(=O)c1ccc(NC(=O)C2CC(=O)N(Cc3ccc(F)cc3)C2)cc1. The van der Waals surface area contributed by atoms with E-state index in [4.69, 9.17) is 4.74 Å². The average Bonchev–Trinajstić information content (AvgIpc) is 3.05. The summed E-state index contributed by atoms with van der Waals surface area (Å²) in [6.07, 6.45) is 0.133. The maximum atomic E-state index is 13.0. The van der Waals surface area contributed by atoms with E-state index in [0.29, 0.717) is 30.9 Å². The molecule has 1 saturated heterocycles. The molecule has 0 spiro atoms. The summed E-state index contributed by atoms with van der Waals surface area (Å²) in [4.78, 5) is 38.0. The first-order valence-corrected chi connectivity index (χ1v) is 9.06. The van der Waals surface area contributed by atoms with Gasteiger partial charge in [-0.15, -0.1) is 0 Å². The van der Waals surface area contributed by atoms with Gasteiger partial charge in [-0.1, -0.05) is 12.1 Å². The number of nitrogens with zero attached hydrogens (tertiary/aromatic N) is 1. The third-order valence-electron chi connectivity index (χ3n) is 4.54. The van der Waals surface area contributed by atoms with Crippen molar-refractivity contribution >= 4 is 23.5 Å². The van der Waals surface area contributed by atoms with E-state index in [9.17, 15) is 18.8 Å². The summed E-state index contributed by atoms with van der Waals surface area (Å²) in [6.45, 7) is 2.68. The highest BCUT2D eigenvalue weighted by Crippen LogP contribution is 2.22. The number of hydrogen-bond acceptors (Lipinski definition) is 4. The Morgan fingerprint density at radius 2 is 1.82 bits per heavy atom. The predicted molar refractivity (Wildman–Crippen MR) is 101 cm³/mol. The zero-order chi connectivity index (χ0) is 20.1. The van der Waals surface area contributed by atoms with Gasteiger partial charge in [-0.3, -0.25) is 9.59 Å². The summed E-state index contributed by atoms with van der Waals surface area (Å²) in [5, 5.41) is 2.77. The zero-order valence-electron chi connectivity index (χ0n) is 15.5. The van der Waals surface area contributed by atoms with E-state index < -0.39 is 11.9 Å². The van der Waals surface area contributed by atoms with Crippen LogP contribution in [0.2, 0.25) is 0 Å². The molecule has 0 bridgehead atoms. The Morgan fingerprint density at radius 3 is 2.46 bits per heavy atom. The van der Waals surface area contributed by atoms with Crippen molar-refractivity contribution in [3.05, 3.63) is 65.5 Å². The van der Waals surface area contributed by atoms with Gasteiger partial charge in [-0.2, -0.15) is 0 Å². The molecule has 1 aliphatic heterocycles. The molecular formula is C21H21FN2O4. The number of ether oxygens (including phenoxy) is 1. The first-order chi connectivity index (χ1) is 13.5. The molecule has 1 N–H and O–H groups in total. The molecular weight excluding hydrogens is 363 g/mol. The number of esters is 1. The van der Waals surface area contributed by atoms with Crippen molar-refractivity contribution in [1.82, 2.24) is 4.90 Å². The van der Waals surface area contributed by atoms with Crippen molar-refractivity contribution in [3.8, 4) is 0 Å². The lowest BCUT2D eigenvalue weighted by Crippen LogP contribution is -2.28. The second-order valence-corrected chi connectivity index (χ2v) is 6.59. The van der Waals surface area contributed by atoms with Crippen LogP contribution >= 0.6 is 0 Å². The highest BCUT2D eigenvalue weighted by molar-refractivity contribution is 5.97. The third-order valence-corrected chi connectivity index (χ3v) is 4.54. The molecule has 1 fully saturated rings. The van der Waals surface area contributed by atoms with E-state index in [1.165, 1.54) is 12.1 Å². The largest absolute Gasteiger partial charge is 0.462 e. The number of halogens is 1. The number of amides is 2. The number of hydrogen-bond donors (Lipinski definition) is 1. The number of benzene rings is 2. The standard InChI is InChI=1S/C21H21FN2O4/c1-2-28-21(27)15-5-9-18(10-6-15)23-20(26)16-11-19(25)24(13-16)12-14-3-7-17(22)8-4-14/h3-10,16H,2,11-13H2,1H3,(H,23,26). The van der Waals surface area contributed by atoms with Gasteiger partial charge < -0.3 is 15.0 Å². The number of nitrogens with one attached hydrogen (secondary N) is 1. The molecule has 0 saturated carbocycles. The number of likely N-dealkylation sites (tertiary alicyclic amines) is 1. The lowest BCUT2D eigenvalue weighted by Gasteiger charge is -2.16. The highest BCUT2D eigenvalue weighted by atomic mass is 19.1. The minimum absolute atomic E-state index is 0.109. The monoisotopic (exact) mass is 384 g/mol. The molecule has 0 aliphatic carbocycles. The lowest BCUT2D eigenvalue weighted by atomic mass is 10.1. The number of carbonyl (C=O) groups excluding carboxylic acids is 3. The van der Waals surface area contributed by atoms with E-state index >= 15 is 0 Å². The van der Waals surface area contributed by atoms with E-state index in [0.717, 1.165) is 5.56 Å². The molecule has 3 rings (SSSR count). The van der Waals surface area contributed by atoms with Crippen LogP contribution in [-0.4, -0.2) is 35.8 Å². The van der Waals surface area contributed by atoms with Gasteiger partial charge in [0, 0.05) is 25.2 Å². The smallest absolute Gasteiger partial charge is 0.338 e. The minimum atomic E-state index is -0.460. The van der Waals surface area contributed by atoms with Crippen LogP contribution in [-0.2, 0) is 20.9 Å². The predicted octanol–water partition coefficient (Wildman–Crippen LogP) is 2.99. The van der Waals surface area contributed by atoms with Crippen LogP contribution < -0.4 is 5.32 Å². The molecule has 2 amide bonds. The van der Waals surface area contributed by atoms with Crippen LogP contribution in [0.1, 0.15) is 29.3 Å². The van der Waals surface area contributed by atoms with Crippen molar-refractivity contribution in [2.45, 2.75) is 19.9 Å². The Morgan fingerprint density at radius 1 is 1.14 bits per heavy atom. The average molecular weight is 384 g/mol. The van der Waals surface area contributed by atoms with Crippen LogP contribution in [0.15, 0.2) is 48.5 Å². The van der Waals surface area contributed by atoms with Gasteiger partial charge in [0.05, 0.1) is 18.1 Å². The molecule has 6 nitrogen and oxygen atoms in total. The van der Waals surface area contributed by atoms with Gasteiger partial charge in [0.25, 0.3) is 0 Å². The molecule has 0 aromatic heterocycles. The molecule has 7 heteroatoms. The van der Waals surface area contributed by atoms with Gasteiger partial charge in [-0.05, 0) is 48.9 Å². The van der Waals surface area contributed by atoms with Crippen molar-refractivity contribution < 1.29 is 23.5 Å². The molecule has 2 aromatic carbocycles. The van der Waals surface area contributed by atoms with Crippen LogP contribution in [0.5, 0.6) is 0 Å². The van der Waals surface area contributed by atoms with Crippen molar-refractivity contribution in [1.29, 1.82) is 0 Å². The molecule has 2 aromatic rings. The lowest BCUT2D eigenvalue weighted by molar-refractivity contribution is -0.128. The molecule has 146 valence electrons. The van der Waals surface area contributed by atoms with E-state index in [1.807, 2.05) is 0 Å². The normalized spacial score (nSPS) is 16.1. The Bertz CT molecular complexity index is 865. The Labute approximate surface area is 162 Å². The summed E-state index contributed by atoms with van der Waals surface area (Å²) >= 11 is 0. The molecule has 28 heavy (non-hydrogen) atoms. The second kappa shape index (κ2) is 8.65. The molecule has 1 aliphatic rings. The van der Waals surface area contributed by atoms with Crippen molar-refractivity contribution in [2.24, 2.45) is 5.92 Å². The maximum absolute atomic E-state index is 13.0. The Balaban J connectivity index is 1.57. The first kappa shape index (κ1) is 19.5.